The van der Waals surface area contributed by atoms with Gasteiger partial charge in [0, 0.05) is 11.1 Å². The van der Waals surface area contributed by atoms with E-state index in [9.17, 15) is 19.5 Å². The van der Waals surface area contributed by atoms with E-state index < -0.39 is 28.2 Å². The SMILES string of the molecule is C=CCC1=C(O)[C@]2(CC=C)CC(=C)C[C@](C(=O)c3ccccc3)(C1=O)C2=O. The van der Waals surface area contributed by atoms with Crippen molar-refractivity contribution in [1.29, 1.82) is 0 Å². The number of fused-ring (bicyclic) bond motifs is 2. The van der Waals surface area contributed by atoms with Crippen molar-refractivity contribution in [3.63, 3.8) is 0 Å². The van der Waals surface area contributed by atoms with Crippen molar-refractivity contribution in [2.75, 3.05) is 0 Å². The summed E-state index contributed by atoms with van der Waals surface area (Å²) >= 11 is 0. The van der Waals surface area contributed by atoms with Gasteiger partial charge in [0.25, 0.3) is 0 Å². The number of aliphatic hydroxyl groups is 1. The van der Waals surface area contributed by atoms with Gasteiger partial charge in [0.2, 0.25) is 0 Å². The Balaban J connectivity index is 2.32. The zero-order valence-electron chi connectivity index (χ0n) is 15.2. The van der Waals surface area contributed by atoms with E-state index in [4.69, 9.17) is 0 Å². The molecule has 0 spiro atoms. The number of Topliss-reactive ketones (excluding diaryl/α,β-unsaturated/α-hetero) is 3. The van der Waals surface area contributed by atoms with Crippen molar-refractivity contribution in [2.24, 2.45) is 10.8 Å². The van der Waals surface area contributed by atoms with Crippen LogP contribution in [0.5, 0.6) is 0 Å². The van der Waals surface area contributed by atoms with Crippen LogP contribution in [0.1, 0.15) is 36.0 Å². The van der Waals surface area contributed by atoms with Crippen molar-refractivity contribution in [3.05, 3.63) is 84.7 Å². The zero-order chi connectivity index (χ0) is 19.8. The lowest BCUT2D eigenvalue weighted by Gasteiger charge is -2.49. The summed E-state index contributed by atoms with van der Waals surface area (Å²) in [5, 5.41) is 10.9. The van der Waals surface area contributed by atoms with Crippen molar-refractivity contribution < 1.29 is 19.5 Å². The molecule has 4 heteroatoms. The van der Waals surface area contributed by atoms with E-state index in [2.05, 4.69) is 19.7 Å². The Kier molecular flexibility index (Phi) is 4.60. The molecule has 0 heterocycles. The van der Waals surface area contributed by atoms with Crippen molar-refractivity contribution in [2.45, 2.75) is 25.7 Å². The van der Waals surface area contributed by atoms with Crippen LogP contribution in [-0.2, 0) is 9.59 Å². The van der Waals surface area contributed by atoms with Gasteiger partial charge in [0.1, 0.15) is 5.76 Å². The first kappa shape index (κ1) is 18.8. The predicted molar refractivity (Wildman–Crippen MR) is 103 cm³/mol. The molecule has 1 fully saturated rings. The van der Waals surface area contributed by atoms with Crippen LogP contribution in [0.4, 0.5) is 0 Å². The minimum absolute atomic E-state index is 0.0365. The molecule has 2 atom stereocenters. The number of benzene rings is 1. The van der Waals surface area contributed by atoms with E-state index in [1.807, 2.05) is 0 Å². The summed E-state index contributed by atoms with van der Waals surface area (Å²) in [5.74, 6) is -2.00. The number of aliphatic hydroxyl groups excluding tert-OH is 1. The van der Waals surface area contributed by atoms with Gasteiger partial charge in [-0.25, -0.2) is 0 Å². The van der Waals surface area contributed by atoms with Crippen molar-refractivity contribution in [1.82, 2.24) is 0 Å². The third-order valence-corrected chi connectivity index (χ3v) is 5.55. The predicted octanol–water partition coefficient (Wildman–Crippen LogP) is 4.31. The highest BCUT2D eigenvalue weighted by molar-refractivity contribution is 6.36. The van der Waals surface area contributed by atoms with Gasteiger partial charge >= 0.3 is 0 Å². The summed E-state index contributed by atoms with van der Waals surface area (Å²) in [6.45, 7) is 11.3. The zero-order valence-corrected chi connectivity index (χ0v) is 15.2. The average molecular weight is 362 g/mol. The minimum atomic E-state index is -1.88. The molecule has 1 N–H and O–H groups in total. The molecule has 4 nitrogen and oxygen atoms in total. The Morgan fingerprint density at radius 2 is 1.78 bits per heavy atom. The number of carbonyl (C=O) groups excluding carboxylic acids is 3. The largest absolute Gasteiger partial charge is 0.511 e. The molecule has 2 aliphatic rings. The molecule has 1 aromatic rings. The highest BCUT2D eigenvalue weighted by Crippen LogP contribution is 2.57. The number of hydrogen-bond acceptors (Lipinski definition) is 4. The lowest BCUT2D eigenvalue weighted by molar-refractivity contribution is -0.147. The summed E-state index contributed by atoms with van der Waals surface area (Å²) in [6, 6.07) is 8.32. The summed E-state index contributed by atoms with van der Waals surface area (Å²) in [6.07, 6.45) is 3.41. The Labute approximate surface area is 158 Å². The van der Waals surface area contributed by atoms with Crippen molar-refractivity contribution >= 4 is 17.3 Å². The number of allylic oxidation sites excluding steroid dienone is 5. The Morgan fingerprint density at radius 3 is 2.37 bits per heavy atom. The van der Waals surface area contributed by atoms with Gasteiger partial charge in [-0.05, 0) is 25.7 Å². The first-order valence-corrected chi connectivity index (χ1v) is 8.85. The molecule has 1 aromatic carbocycles. The van der Waals surface area contributed by atoms with Gasteiger partial charge in [-0.15, -0.1) is 13.2 Å². The molecule has 0 aliphatic heterocycles. The summed E-state index contributed by atoms with van der Waals surface area (Å²) < 4.78 is 0. The molecule has 0 saturated heterocycles. The molecule has 138 valence electrons. The second kappa shape index (κ2) is 6.62. The first-order valence-electron chi connectivity index (χ1n) is 8.85. The smallest absolute Gasteiger partial charge is 0.184 e. The monoisotopic (exact) mass is 362 g/mol. The third kappa shape index (κ3) is 2.47. The fourth-order valence-electron chi connectivity index (χ4n) is 4.43. The molecule has 2 bridgehead atoms. The van der Waals surface area contributed by atoms with E-state index in [1.165, 1.54) is 12.2 Å². The van der Waals surface area contributed by atoms with Gasteiger partial charge in [-0.3, -0.25) is 14.4 Å². The maximum absolute atomic E-state index is 13.6. The van der Waals surface area contributed by atoms with Crippen LogP contribution < -0.4 is 0 Å². The first-order chi connectivity index (χ1) is 12.8. The summed E-state index contributed by atoms with van der Waals surface area (Å²) in [4.78, 5) is 40.5. The Hall–Kier alpha value is -3.01. The molecule has 0 aromatic heterocycles. The minimum Gasteiger partial charge on any atom is -0.511 e. The Bertz CT molecular complexity index is 906. The fraction of sp³-hybridized carbons (Fsp3) is 0.261. The van der Waals surface area contributed by atoms with E-state index in [0.717, 1.165) is 0 Å². The fourth-order valence-corrected chi connectivity index (χ4v) is 4.43. The molecule has 0 unspecified atom stereocenters. The quantitative estimate of drug-likeness (QED) is 0.465. The average Bonchev–Trinajstić information content (AvgIpc) is 2.67. The molecule has 1 saturated carbocycles. The maximum atomic E-state index is 13.6. The number of carbonyl (C=O) groups is 3. The highest BCUT2D eigenvalue weighted by atomic mass is 16.3. The topological polar surface area (TPSA) is 71.4 Å². The van der Waals surface area contributed by atoms with E-state index in [0.29, 0.717) is 11.1 Å². The van der Waals surface area contributed by atoms with Gasteiger partial charge in [-0.2, -0.15) is 0 Å². The second-order valence-electron chi connectivity index (χ2n) is 7.26. The van der Waals surface area contributed by atoms with E-state index >= 15 is 0 Å². The van der Waals surface area contributed by atoms with E-state index in [-0.39, 0.29) is 37.0 Å². The van der Waals surface area contributed by atoms with Crippen LogP contribution in [0.25, 0.3) is 0 Å². The molecule has 0 amide bonds. The maximum Gasteiger partial charge on any atom is 0.184 e. The molecule has 3 rings (SSSR count). The molecule has 0 radical (unpaired) electrons. The highest BCUT2D eigenvalue weighted by Gasteiger charge is 2.67. The third-order valence-electron chi connectivity index (χ3n) is 5.55. The number of ketones is 3. The molecular weight excluding hydrogens is 340 g/mol. The van der Waals surface area contributed by atoms with Crippen LogP contribution in [0, 0.1) is 10.8 Å². The van der Waals surface area contributed by atoms with Gasteiger partial charge in [0.05, 0.1) is 5.41 Å². The van der Waals surface area contributed by atoms with Gasteiger partial charge in [-0.1, -0.05) is 54.6 Å². The standard InChI is InChI=1S/C23H22O4/c1-4-9-17-19(25)22(12-5-2)13-15(3)14-23(20(17)26,21(22)27)18(24)16-10-7-6-8-11-16/h4-8,10-11,25H,1-3,9,12-14H2/t22-,23-/m0/s1. The summed E-state index contributed by atoms with van der Waals surface area (Å²) in [7, 11) is 0. The van der Waals surface area contributed by atoms with Crippen LogP contribution >= 0.6 is 0 Å². The van der Waals surface area contributed by atoms with Gasteiger partial charge in [0.15, 0.2) is 22.8 Å². The Morgan fingerprint density at radius 1 is 1.11 bits per heavy atom. The van der Waals surface area contributed by atoms with Crippen LogP contribution in [0.15, 0.2) is 79.1 Å². The lowest BCUT2D eigenvalue weighted by atomic mass is 9.49. The molecule has 2 aliphatic carbocycles. The van der Waals surface area contributed by atoms with Crippen LogP contribution in [0.3, 0.4) is 0 Å². The van der Waals surface area contributed by atoms with Gasteiger partial charge < -0.3 is 5.11 Å². The molecule has 27 heavy (non-hydrogen) atoms. The summed E-state index contributed by atoms with van der Waals surface area (Å²) in [5.41, 5.74) is -2.28. The normalized spacial score (nSPS) is 27.5. The van der Waals surface area contributed by atoms with Crippen LogP contribution in [0.2, 0.25) is 0 Å². The van der Waals surface area contributed by atoms with Crippen LogP contribution in [-0.4, -0.2) is 22.5 Å². The number of hydrogen-bond donors (Lipinski definition) is 1. The molecular formula is C23H22O4. The number of rotatable bonds is 6. The lowest BCUT2D eigenvalue weighted by Crippen LogP contribution is -2.60. The van der Waals surface area contributed by atoms with Crippen molar-refractivity contribution in [3.8, 4) is 0 Å². The van der Waals surface area contributed by atoms with E-state index in [1.54, 1.807) is 30.3 Å². The second-order valence-corrected chi connectivity index (χ2v) is 7.26.